The molecule has 158 valence electrons. The topological polar surface area (TPSA) is 80.3 Å². The van der Waals surface area contributed by atoms with E-state index in [2.05, 4.69) is 5.32 Å². The molecule has 3 aromatic carbocycles. The molecule has 1 unspecified atom stereocenters. The lowest BCUT2D eigenvalue weighted by atomic mass is 10.0. The van der Waals surface area contributed by atoms with E-state index in [1.807, 2.05) is 31.2 Å². The second-order valence-corrected chi connectivity index (χ2v) is 7.22. The van der Waals surface area contributed by atoms with Gasteiger partial charge in [0.25, 0.3) is 5.91 Å². The zero-order chi connectivity index (χ0) is 21.4. The summed E-state index contributed by atoms with van der Waals surface area (Å²) < 4.78 is 16.9. The van der Waals surface area contributed by atoms with Crippen LogP contribution in [-0.4, -0.2) is 30.8 Å². The predicted molar refractivity (Wildman–Crippen MR) is 116 cm³/mol. The summed E-state index contributed by atoms with van der Waals surface area (Å²) in [5, 5.41) is 14.3. The molecule has 3 aromatic rings. The molecule has 7 nitrogen and oxygen atoms in total. The van der Waals surface area contributed by atoms with Crippen molar-refractivity contribution in [3.63, 3.8) is 0 Å². The predicted octanol–water partition coefficient (Wildman–Crippen LogP) is 4.33. The van der Waals surface area contributed by atoms with Crippen molar-refractivity contribution in [3.05, 3.63) is 71.8 Å². The molecule has 0 fully saturated rings. The molecule has 0 aliphatic carbocycles. The van der Waals surface area contributed by atoms with Gasteiger partial charge in [-0.15, -0.1) is 0 Å². The smallest absolute Gasteiger partial charge is 0.262 e. The zero-order valence-corrected chi connectivity index (χ0v) is 17.0. The zero-order valence-electron chi connectivity index (χ0n) is 17.0. The van der Waals surface area contributed by atoms with Crippen LogP contribution in [0.5, 0.6) is 23.0 Å². The fourth-order valence-corrected chi connectivity index (χ4v) is 3.95. The van der Waals surface area contributed by atoms with Crippen LogP contribution in [0, 0.1) is 0 Å². The van der Waals surface area contributed by atoms with E-state index in [0.717, 1.165) is 0 Å². The highest BCUT2D eigenvalue weighted by atomic mass is 16.6. The van der Waals surface area contributed by atoms with Gasteiger partial charge in [0, 0.05) is 17.3 Å². The maximum Gasteiger partial charge on any atom is 0.262 e. The number of amides is 1. The number of anilines is 2. The Bertz CT molecular complexity index is 1150. The molecule has 0 bridgehead atoms. The van der Waals surface area contributed by atoms with Crippen LogP contribution in [0.15, 0.2) is 60.7 Å². The van der Waals surface area contributed by atoms with Crippen molar-refractivity contribution < 1.29 is 24.1 Å². The SMILES string of the molecule is CCOc1cccc(C2Nc3ccccc3C(=O)N2c2ccc3c(c2)OCCO3)c1O. The van der Waals surface area contributed by atoms with E-state index in [0.29, 0.717) is 59.6 Å². The Balaban J connectivity index is 1.65. The first-order valence-electron chi connectivity index (χ1n) is 10.2. The maximum atomic E-state index is 13.6. The van der Waals surface area contributed by atoms with Crippen LogP contribution in [0.1, 0.15) is 29.0 Å². The minimum absolute atomic E-state index is 0.00317. The molecule has 2 heterocycles. The molecule has 0 saturated carbocycles. The van der Waals surface area contributed by atoms with Crippen molar-refractivity contribution in [1.29, 1.82) is 0 Å². The summed E-state index contributed by atoms with van der Waals surface area (Å²) in [6.45, 7) is 3.21. The molecule has 1 amide bonds. The molecular formula is C24H22N2O5. The summed E-state index contributed by atoms with van der Waals surface area (Å²) >= 11 is 0. The van der Waals surface area contributed by atoms with Crippen LogP contribution in [-0.2, 0) is 0 Å². The molecule has 2 aliphatic rings. The number of nitrogens with zero attached hydrogens (tertiary/aromatic N) is 1. The fraction of sp³-hybridized carbons (Fsp3) is 0.208. The molecular weight excluding hydrogens is 396 g/mol. The standard InChI is InChI=1S/C24H22N2O5/c1-2-29-20-9-5-7-17(22(20)27)23-25-18-8-4-3-6-16(18)24(28)26(23)15-10-11-19-21(14-15)31-13-12-30-19/h3-11,14,23,25,27H,2,12-13H2,1H3. The number of para-hydroxylation sites is 2. The van der Waals surface area contributed by atoms with Crippen molar-refractivity contribution in [1.82, 2.24) is 0 Å². The summed E-state index contributed by atoms with van der Waals surface area (Å²) in [5.74, 6) is 1.41. The molecule has 5 rings (SSSR count). The number of phenols is 1. The van der Waals surface area contributed by atoms with Crippen molar-refractivity contribution in [2.75, 3.05) is 30.0 Å². The molecule has 0 saturated heterocycles. The number of benzene rings is 3. The van der Waals surface area contributed by atoms with Gasteiger partial charge >= 0.3 is 0 Å². The van der Waals surface area contributed by atoms with Gasteiger partial charge in [0.1, 0.15) is 19.4 Å². The molecule has 0 spiro atoms. The average molecular weight is 418 g/mol. The van der Waals surface area contributed by atoms with Crippen LogP contribution in [0.2, 0.25) is 0 Å². The van der Waals surface area contributed by atoms with E-state index in [9.17, 15) is 9.90 Å². The van der Waals surface area contributed by atoms with Gasteiger partial charge in [-0.25, -0.2) is 0 Å². The summed E-state index contributed by atoms with van der Waals surface area (Å²) in [6, 6.07) is 18.0. The molecule has 0 radical (unpaired) electrons. The first kappa shape index (κ1) is 19.1. The molecule has 1 atom stereocenters. The fourth-order valence-electron chi connectivity index (χ4n) is 3.95. The van der Waals surface area contributed by atoms with Gasteiger partial charge in [-0.1, -0.05) is 24.3 Å². The number of hydrogen-bond acceptors (Lipinski definition) is 6. The number of hydrogen-bond donors (Lipinski definition) is 2. The van der Waals surface area contributed by atoms with Crippen LogP contribution in [0.4, 0.5) is 11.4 Å². The van der Waals surface area contributed by atoms with E-state index in [-0.39, 0.29) is 11.7 Å². The van der Waals surface area contributed by atoms with E-state index in [1.165, 1.54) is 0 Å². The van der Waals surface area contributed by atoms with Gasteiger partial charge in [0.15, 0.2) is 23.0 Å². The lowest BCUT2D eigenvalue weighted by molar-refractivity contribution is 0.0974. The highest BCUT2D eigenvalue weighted by Crippen LogP contribution is 2.44. The van der Waals surface area contributed by atoms with E-state index < -0.39 is 6.17 Å². The highest BCUT2D eigenvalue weighted by molar-refractivity contribution is 6.12. The Morgan fingerprint density at radius 3 is 2.71 bits per heavy atom. The number of rotatable bonds is 4. The Hall–Kier alpha value is -3.87. The first-order chi connectivity index (χ1) is 15.2. The average Bonchev–Trinajstić information content (AvgIpc) is 2.80. The maximum absolute atomic E-state index is 13.6. The summed E-state index contributed by atoms with van der Waals surface area (Å²) in [7, 11) is 0. The number of fused-ring (bicyclic) bond motifs is 2. The Morgan fingerprint density at radius 1 is 1.06 bits per heavy atom. The van der Waals surface area contributed by atoms with Gasteiger partial charge in [-0.05, 0) is 37.3 Å². The van der Waals surface area contributed by atoms with Crippen LogP contribution >= 0.6 is 0 Å². The van der Waals surface area contributed by atoms with Gasteiger partial charge in [-0.2, -0.15) is 0 Å². The molecule has 31 heavy (non-hydrogen) atoms. The third-order valence-electron chi connectivity index (χ3n) is 5.36. The third kappa shape index (κ3) is 3.28. The lowest BCUT2D eigenvalue weighted by Gasteiger charge is -2.38. The number of carbonyl (C=O) groups excluding carboxylic acids is 1. The number of phenolic OH excluding ortho intramolecular Hbond substituents is 1. The normalized spacial score (nSPS) is 17.0. The number of nitrogens with one attached hydrogen (secondary N) is 1. The highest BCUT2D eigenvalue weighted by Gasteiger charge is 2.36. The van der Waals surface area contributed by atoms with Gasteiger partial charge in [-0.3, -0.25) is 9.69 Å². The van der Waals surface area contributed by atoms with Crippen molar-refractivity contribution in [3.8, 4) is 23.0 Å². The van der Waals surface area contributed by atoms with Gasteiger partial charge in [0.2, 0.25) is 0 Å². The minimum atomic E-state index is -0.648. The quantitative estimate of drug-likeness (QED) is 0.656. The lowest BCUT2D eigenvalue weighted by Crippen LogP contribution is -2.43. The van der Waals surface area contributed by atoms with Crippen molar-refractivity contribution in [2.45, 2.75) is 13.1 Å². The Morgan fingerprint density at radius 2 is 1.87 bits per heavy atom. The van der Waals surface area contributed by atoms with E-state index >= 15 is 0 Å². The third-order valence-corrected chi connectivity index (χ3v) is 5.36. The van der Waals surface area contributed by atoms with Crippen LogP contribution < -0.4 is 24.4 Å². The minimum Gasteiger partial charge on any atom is -0.504 e. The second-order valence-electron chi connectivity index (χ2n) is 7.22. The first-order valence-corrected chi connectivity index (χ1v) is 10.2. The Labute approximate surface area is 179 Å². The van der Waals surface area contributed by atoms with Crippen LogP contribution in [0.3, 0.4) is 0 Å². The summed E-state index contributed by atoms with van der Waals surface area (Å²) in [5.41, 5.74) is 2.41. The van der Waals surface area contributed by atoms with Crippen LogP contribution in [0.25, 0.3) is 0 Å². The number of carbonyl (C=O) groups is 1. The summed E-state index contributed by atoms with van der Waals surface area (Å²) in [6.07, 6.45) is -0.648. The molecule has 2 aliphatic heterocycles. The number of ether oxygens (including phenoxy) is 3. The largest absolute Gasteiger partial charge is 0.504 e. The molecule has 2 N–H and O–H groups in total. The van der Waals surface area contributed by atoms with E-state index in [1.54, 1.807) is 41.3 Å². The summed E-state index contributed by atoms with van der Waals surface area (Å²) in [4.78, 5) is 15.2. The van der Waals surface area contributed by atoms with Crippen molar-refractivity contribution in [2.24, 2.45) is 0 Å². The number of aromatic hydroxyl groups is 1. The molecule has 0 aromatic heterocycles. The molecule has 7 heteroatoms. The van der Waals surface area contributed by atoms with Gasteiger partial charge in [0.05, 0.1) is 17.9 Å². The Kier molecular flexibility index (Phi) is 4.78. The second kappa shape index (κ2) is 7.75. The van der Waals surface area contributed by atoms with Gasteiger partial charge < -0.3 is 24.6 Å². The van der Waals surface area contributed by atoms with Crippen molar-refractivity contribution >= 4 is 17.3 Å². The monoisotopic (exact) mass is 418 g/mol. The van der Waals surface area contributed by atoms with E-state index in [4.69, 9.17) is 14.2 Å².